The number of primary amides is 1. The van der Waals surface area contributed by atoms with Crippen molar-refractivity contribution in [2.24, 2.45) is 5.73 Å². The summed E-state index contributed by atoms with van der Waals surface area (Å²) in [6.45, 7) is 2.23. The molecule has 0 spiro atoms. The minimum atomic E-state index is -0.827. The number of rotatable bonds is 5. The first kappa shape index (κ1) is 18.4. The van der Waals surface area contributed by atoms with Crippen LogP contribution in [0.1, 0.15) is 17.4 Å². The summed E-state index contributed by atoms with van der Waals surface area (Å²) in [6, 6.07) is 12.4. The van der Waals surface area contributed by atoms with Crippen LogP contribution in [-0.4, -0.2) is 32.0 Å². The number of hydrogen-bond acceptors (Lipinski definition) is 5. The smallest absolute Gasteiger partial charge is 0.332 e. The number of aromatic amines is 1. The molecular formula is C20H16FN5O3. The average molecular weight is 393 g/mol. The normalized spacial score (nSPS) is 11.0. The molecule has 29 heavy (non-hydrogen) atoms. The predicted molar refractivity (Wildman–Crippen MR) is 105 cm³/mol. The Morgan fingerprint density at radius 2 is 1.90 bits per heavy atom. The van der Waals surface area contributed by atoms with Crippen molar-refractivity contribution < 1.29 is 13.9 Å². The van der Waals surface area contributed by atoms with Crippen molar-refractivity contribution in [2.45, 2.75) is 6.92 Å². The van der Waals surface area contributed by atoms with Gasteiger partial charge in [0.05, 0.1) is 12.3 Å². The molecule has 0 fully saturated rings. The van der Waals surface area contributed by atoms with E-state index in [-0.39, 0.29) is 22.7 Å². The van der Waals surface area contributed by atoms with Gasteiger partial charge in [-0.25, -0.2) is 23.7 Å². The third kappa shape index (κ3) is 3.22. The number of carbonyl (C=O) groups is 1. The molecular weight excluding hydrogens is 377 g/mol. The summed E-state index contributed by atoms with van der Waals surface area (Å²) in [5, 5.41) is 0. The van der Waals surface area contributed by atoms with Gasteiger partial charge in [0, 0.05) is 5.56 Å². The second kappa shape index (κ2) is 7.19. The molecule has 2 aromatic heterocycles. The van der Waals surface area contributed by atoms with E-state index in [0.29, 0.717) is 23.6 Å². The first-order valence-corrected chi connectivity index (χ1v) is 8.80. The Labute approximate surface area is 163 Å². The van der Waals surface area contributed by atoms with Crippen LogP contribution in [0.15, 0.2) is 53.3 Å². The fourth-order valence-corrected chi connectivity index (χ4v) is 3.03. The maximum Gasteiger partial charge on any atom is 0.332 e. The molecule has 146 valence electrons. The number of hydrogen-bond donors (Lipinski definition) is 2. The lowest BCUT2D eigenvalue weighted by atomic mass is 10.2. The van der Waals surface area contributed by atoms with Gasteiger partial charge in [-0.1, -0.05) is 12.1 Å². The maximum absolute atomic E-state index is 13.3. The molecule has 4 aromatic rings. The van der Waals surface area contributed by atoms with Gasteiger partial charge in [0.15, 0.2) is 17.2 Å². The third-order valence-corrected chi connectivity index (χ3v) is 4.28. The summed E-state index contributed by atoms with van der Waals surface area (Å²) < 4.78 is 20.2. The van der Waals surface area contributed by atoms with Crippen LogP contribution >= 0.6 is 0 Å². The van der Waals surface area contributed by atoms with Gasteiger partial charge < -0.3 is 15.5 Å². The number of carbonyl (C=O) groups excluding carboxylic acids is 1. The van der Waals surface area contributed by atoms with Crippen molar-refractivity contribution in [2.75, 3.05) is 6.61 Å². The molecule has 0 aliphatic heterocycles. The van der Waals surface area contributed by atoms with E-state index in [9.17, 15) is 14.0 Å². The van der Waals surface area contributed by atoms with Crippen molar-refractivity contribution in [3.63, 3.8) is 0 Å². The Balaban J connectivity index is 2.05. The van der Waals surface area contributed by atoms with Gasteiger partial charge in [-0.3, -0.25) is 4.79 Å². The van der Waals surface area contributed by atoms with Crippen molar-refractivity contribution in [3.8, 4) is 22.8 Å². The van der Waals surface area contributed by atoms with Crippen LogP contribution in [0.5, 0.6) is 5.75 Å². The number of halogens is 1. The molecule has 0 unspecified atom stereocenters. The molecule has 0 radical (unpaired) electrons. The highest BCUT2D eigenvalue weighted by atomic mass is 19.1. The van der Waals surface area contributed by atoms with Crippen molar-refractivity contribution in [1.82, 2.24) is 19.5 Å². The molecule has 1 amide bonds. The van der Waals surface area contributed by atoms with E-state index in [1.807, 2.05) is 6.92 Å². The molecule has 2 heterocycles. The molecule has 0 aliphatic rings. The number of aromatic nitrogens is 4. The van der Waals surface area contributed by atoms with E-state index in [1.54, 1.807) is 24.3 Å². The Hall–Kier alpha value is -4.01. The number of nitrogens with two attached hydrogens (primary N) is 1. The molecule has 0 saturated carbocycles. The summed E-state index contributed by atoms with van der Waals surface area (Å²) in [5.74, 6) is -0.644. The average Bonchev–Trinajstić information content (AvgIpc) is 3.04. The van der Waals surface area contributed by atoms with Crippen LogP contribution < -0.4 is 16.2 Å². The van der Waals surface area contributed by atoms with Crippen LogP contribution in [0.25, 0.3) is 28.2 Å². The van der Waals surface area contributed by atoms with Crippen LogP contribution in [0.4, 0.5) is 4.39 Å². The SMILES string of the molecule is CCOc1ccccc1-n1c(=O)[nH]c2c(C(N)=O)nc(-c3ccc(F)cc3)nc21. The number of para-hydroxylation sites is 2. The lowest BCUT2D eigenvalue weighted by Gasteiger charge is -2.11. The molecule has 0 atom stereocenters. The van der Waals surface area contributed by atoms with E-state index in [4.69, 9.17) is 10.5 Å². The number of ether oxygens (including phenoxy) is 1. The Kier molecular flexibility index (Phi) is 4.55. The Morgan fingerprint density at radius 3 is 2.59 bits per heavy atom. The fourth-order valence-electron chi connectivity index (χ4n) is 3.03. The van der Waals surface area contributed by atoms with Gasteiger partial charge in [-0.2, -0.15) is 0 Å². The maximum atomic E-state index is 13.3. The fraction of sp³-hybridized carbons (Fsp3) is 0.100. The minimum Gasteiger partial charge on any atom is -0.492 e. The highest BCUT2D eigenvalue weighted by molar-refractivity contribution is 6.02. The molecule has 8 nitrogen and oxygen atoms in total. The third-order valence-electron chi connectivity index (χ3n) is 4.28. The van der Waals surface area contributed by atoms with Gasteiger partial charge >= 0.3 is 5.69 Å². The van der Waals surface area contributed by atoms with Gasteiger partial charge in [0.25, 0.3) is 5.91 Å². The Morgan fingerprint density at radius 1 is 1.17 bits per heavy atom. The summed E-state index contributed by atoms with van der Waals surface area (Å²) in [4.78, 5) is 36.0. The van der Waals surface area contributed by atoms with Crippen LogP contribution in [0, 0.1) is 5.82 Å². The molecule has 0 saturated heterocycles. The number of benzene rings is 2. The topological polar surface area (TPSA) is 116 Å². The number of nitrogens with zero attached hydrogens (tertiary/aromatic N) is 3. The van der Waals surface area contributed by atoms with Gasteiger partial charge in [-0.05, 0) is 43.3 Å². The summed E-state index contributed by atoms with van der Waals surface area (Å²) >= 11 is 0. The lowest BCUT2D eigenvalue weighted by molar-refractivity contribution is 0.0997. The number of imidazole rings is 1. The van der Waals surface area contributed by atoms with E-state index in [1.165, 1.54) is 28.8 Å². The molecule has 9 heteroatoms. The van der Waals surface area contributed by atoms with E-state index in [0.717, 1.165) is 0 Å². The monoisotopic (exact) mass is 393 g/mol. The predicted octanol–water partition coefficient (Wildman–Crippen LogP) is 2.41. The van der Waals surface area contributed by atoms with Gasteiger partial charge in [-0.15, -0.1) is 0 Å². The second-order valence-electron chi connectivity index (χ2n) is 6.13. The highest BCUT2D eigenvalue weighted by Gasteiger charge is 2.21. The molecule has 4 rings (SSSR count). The van der Waals surface area contributed by atoms with E-state index >= 15 is 0 Å². The highest BCUT2D eigenvalue weighted by Crippen LogP contribution is 2.26. The Bertz CT molecular complexity index is 1280. The van der Waals surface area contributed by atoms with Crippen LogP contribution in [0.2, 0.25) is 0 Å². The zero-order valence-electron chi connectivity index (χ0n) is 15.3. The van der Waals surface area contributed by atoms with Crippen molar-refractivity contribution >= 4 is 17.1 Å². The molecule has 2 aromatic carbocycles. The van der Waals surface area contributed by atoms with Crippen molar-refractivity contribution in [3.05, 3.63) is 70.5 Å². The lowest BCUT2D eigenvalue weighted by Crippen LogP contribution is -2.16. The molecule has 0 bridgehead atoms. The molecule has 0 aliphatic carbocycles. The number of nitrogens with one attached hydrogen (secondary N) is 1. The summed E-state index contributed by atoms with van der Waals surface area (Å²) in [7, 11) is 0. The number of fused-ring (bicyclic) bond motifs is 1. The second-order valence-corrected chi connectivity index (χ2v) is 6.13. The minimum absolute atomic E-state index is 0.111. The van der Waals surface area contributed by atoms with Crippen LogP contribution in [-0.2, 0) is 0 Å². The quantitative estimate of drug-likeness (QED) is 0.540. The number of amides is 1. The van der Waals surface area contributed by atoms with Crippen LogP contribution in [0.3, 0.4) is 0 Å². The van der Waals surface area contributed by atoms with E-state index < -0.39 is 17.4 Å². The van der Waals surface area contributed by atoms with E-state index in [2.05, 4.69) is 15.0 Å². The molecule has 3 N–H and O–H groups in total. The largest absolute Gasteiger partial charge is 0.492 e. The number of H-pyrrole nitrogens is 1. The zero-order valence-corrected chi connectivity index (χ0v) is 15.3. The summed E-state index contributed by atoms with van der Waals surface area (Å²) in [6.07, 6.45) is 0. The van der Waals surface area contributed by atoms with Crippen molar-refractivity contribution in [1.29, 1.82) is 0 Å². The zero-order chi connectivity index (χ0) is 20.5. The first-order chi connectivity index (χ1) is 14.0. The van der Waals surface area contributed by atoms with Gasteiger partial charge in [0.1, 0.15) is 17.1 Å². The first-order valence-electron chi connectivity index (χ1n) is 8.80. The summed E-state index contributed by atoms with van der Waals surface area (Å²) in [5.41, 5.74) is 6.00. The van der Waals surface area contributed by atoms with Gasteiger partial charge in [0.2, 0.25) is 0 Å². The standard InChI is InChI=1S/C20H16FN5O3/c1-2-29-14-6-4-3-5-13(14)26-19-16(24-20(26)28)15(17(22)27)23-18(25-19)11-7-9-12(21)10-8-11/h3-10H,2H2,1H3,(H2,22,27)(H,24,28).